The van der Waals surface area contributed by atoms with Gasteiger partial charge in [0.25, 0.3) is 0 Å². The summed E-state index contributed by atoms with van der Waals surface area (Å²) >= 11 is 0. The molecule has 0 aliphatic carbocycles. The number of ether oxygens (including phenoxy) is 1. The summed E-state index contributed by atoms with van der Waals surface area (Å²) in [6.07, 6.45) is 3.46. The minimum Gasteiger partial charge on any atom is -0.494 e. The van der Waals surface area contributed by atoms with Crippen LogP contribution in [0.2, 0.25) is 0 Å². The second-order valence-corrected chi connectivity index (χ2v) is 6.52. The molecule has 2 aromatic carbocycles. The lowest BCUT2D eigenvalue weighted by molar-refractivity contribution is -0.121. The molecule has 3 rings (SSSR count). The predicted octanol–water partition coefficient (Wildman–Crippen LogP) is 3.00. The molecule has 0 spiro atoms. The van der Waals surface area contributed by atoms with E-state index in [1.807, 2.05) is 31.2 Å². The topological polar surface area (TPSA) is 86.1 Å². The number of benzene rings is 2. The summed E-state index contributed by atoms with van der Waals surface area (Å²) in [6.45, 7) is 3.48. The first kappa shape index (κ1) is 20.3. The molecule has 3 aromatic rings. The summed E-state index contributed by atoms with van der Waals surface area (Å²) in [5, 5.41) is 7.01. The summed E-state index contributed by atoms with van der Waals surface area (Å²) in [6, 6.07) is 14.8. The molecule has 0 atom stereocenters. The van der Waals surface area contributed by atoms with Crippen molar-refractivity contribution >= 4 is 11.7 Å². The van der Waals surface area contributed by atoms with Gasteiger partial charge in [0.2, 0.25) is 5.91 Å². The number of ketones is 1. The van der Waals surface area contributed by atoms with Gasteiger partial charge in [-0.25, -0.2) is 9.67 Å². The van der Waals surface area contributed by atoms with Gasteiger partial charge < -0.3 is 10.1 Å². The van der Waals surface area contributed by atoms with Crippen molar-refractivity contribution in [3.8, 4) is 5.75 Å². The van der Waals surface area contributed by atoms with E-state index in [1.165, 1.54) is 6.33 Å². The number of carbonyl (C=O) groups excluding carboxylic acids is 2. The van der Waals surface area contributed by atoms with Crippen molar-refractivity contribution < 1.29 is 14.3 Å². The Hall–Kier alpha value is -3.48. The van der Waals surface area contributed by atoms with Crippen LogP contribution in [0.1, 0.15) is 41.3 Å². The number of nitrogens with zero attached hydrogens (tertiary/aromatic N) is 3. The van der Waals surface area contributed by atoms with E-state index >= 15 is 0 Å². The van der Waals surface area contributed by atoms with Crippen LogP contribution < -0.4 is 10.1 Å². The average Bonchev–Trinajstić information content (AvgIpc) is 3.25. The second-order valence-electron chi connectivity index (χ2n) is 6.52. The number of aromatic nitrogens is 3. The molecule has 0 fully saturated rings. The number of carbonyl (C=O) groups is 2. The molecule has 0 saturated carbocycles. The van der Waals surface area contributed by atoms with Gasteiger partial charge in [-0.15, -0.1) is 0 Å². The van der Waals surface area contributed by atoms with Crippen molar-refractivity contribution in [1.82, 2.24) is 20.1 Å². The minimum atomic E-state index is -0.153. The summed E-state index contributed by atoms with van der Waals surface area (Å²) in [7, 11) is 0. The molecule has 29 heavy (non-hydrogen) atoms. The van der Waals surface area contributed by atoms with Crippen LogP contribution in [0.3, 0.4) is 0 Å². The molecule has 1 amide bonds. The molecule has 0 aliphatic rings. The smallest absolute Gasteiger partial charge is 0.220 e. The maximum atomic E-state index is 12.3. The maximum absolute atomic E-state index is 12.3. The van der Waals surface area contributed by atoms with Crippen molar-refractivity contribution in [1.29, 1.82) is 0 Å². The van der Waals surface area contributed by atoms with E-state index in [0.717, 1.165) is 16.9 Å². The van der Waals surface area contributed by atoms with Gasteiger partial charge >= 0.3 is 0 Å². The van der Waals surface area contributed by atoms with Gasteiger partial charge in [-0.05, 0) is 42.3 Å². The summed E-state index contributed by atoms with van der Waals surface area (Å²) in [4.78, 5) is 28.4. The Labute approximate surface area is 169 Å². The van der Waals surface area contributed by atoms with Crippen LogP contribution in [0.25, 0.3) is 0 Å². The molecule has 1 aromatic heterocycles. The average molecular weight is 392 g/mol. The van der Waals surface area contributed by atoms with E-state index in [2.05, 4.69) is 15.4 Å². The molecule has 0 aliphatic heterocycles. The van der Waals surface area contributed by atoms with Crippen LogP contribution in [0.15, 0.2) is 61.2 Å². The fraction of sp³-hybridized carbons (Fsp3) is 0.273. The second kappa shape index (κ2) is 10.2. The maximum Gasteiger partial charge on any atom is 0.220 e. The van der Waals surface area contributed by atoms with Crippen molar-refractivity contribution in [2.24, 2.45) is 0 Å². The number of rotatable bonds is 10. The minimum absolute atomic E-state index is 0.0604. The zero-order valence-electron chi connectivity index (χ0n) is 16.4. The molecular formula is C22H24N4O3. The molecular weight excluding hydrogens is 368 g/mol. The number of amides is 1. The normalized spacial score (nSPS) is 10.5. The van der Waals surface area contributed by atoms with Crippen molar-refractivity contribution in [2.75, 3.05) is 6.61 Å². The molecule has 7 heteroatoms. The monoisotopic (exact) mass is 392 g/mol. The highest BCUT2D eigenvalue weighted by atomic mass is 16.5. The fourth-order valence-electron chi connectivity index (χ4n) is 2.93. The quantitative estimate of drug-likeness (QED) is 0.536. The first-order chi connectivity index (χ1) is 14.2. The number of hydrogen-bond donors (Lipinski definition) is 1. The number of nitrogens with one attached hydrogen (secondary N) is 1. The summed E-state index contributed by atoms with van der Waals surface area (Å²) in [5.74, 6) is 0.515. The van der Waals surface area contributed by atoms with E-state index in [0.29, 0.717) is 25.3 Å². The van der Waals surface area contributed by atoms with Gasteiger partial charge in [0.05, 0.1) is 13.2 Å². The van der Waals surface area contributed by atoms with E-state index in [4.69, 9.17) is 4.74 Å². The third-order valence-corrected chi connectivity index (χ3v) is 4.46. The van der Waals surface area contributed by atoms with Crippen LogP contribution >= 0.6 is 0 Å². The van der Waals surface area contributed by atoms with Gasteiger partial charge in [-0.3, -0.25) is 9.59 Å². The molecule has 1 heterocycles. The zero-order valence-corrected chi connectivity index (χ0v) is 16.4. The Morgan fingerprint density at radius 1 is 1.03 bits per heavy atom. The molecule has 150 valence electrons. The highest BCUT2D eigenvalue weighted by Crippen LogP contribution is 2.14. The summed E-state index contributed by atoms with van der Waals surface area (Å²) in [5.41, 5.74) is 2.65. The standard InChI is InChI=1S/C22H24N4O3/c1-2-29-20-9-7-17(8-10-20)21(27)11-12-22(28)24-13-18-5-3-4-6-19(18)14-26-16-23-15-25-26/h3-10,15-16H,2,11-14H2,1H3,(H,24,28). The van der Waals surface area contributed by atoms with Crippen LogP contribution in [0.4, 0.5) is 0 Å². The first-order valence-electron chi connectivity index (χ1n) is 9.57. The van der Waals surface area contributed by atoms with Gasteiger partial charge in [0.1, 0.15) is 18.4 Å². The van der Waals surface area contributed by atoms with Crippen LogP contribution in [-0.4, -0.2) is 33.1 Å². The van der Waals surface area contributed by atoms with Gasteiger partial charge in [0, 0.05) is 24.9 Å². The molecule has 1 N–H and O–H groups in total. The Balaban J connectivity index is 1.48. The lowest BCUT2D eigenvalue weighted by Crippen LogP contribution is -2.24. The van der Waals surface area contributed by atoms with E-state index < -0.39 is 0 Å². The lowest BCUT2D eigenvalue weighted by atomic mass is 10.1. The van der Waals surface area contributed by atoms with Gasteiger partial charge in [-0.1, -0.05) is 24.3 Å². The third kappa shape index (κ3) is 6.00. The molecule has 7 nitrogen and oxygen atoms in total. The van der Waals surface area contributed by atoms with Crippen molar-refractivity contribution in [3.63, 3.8) is 0 Å². The Kier molecular flexibility index (Phi) is 7.10. The van der Waals surface area contributed by atoms with E-state index in [1.54, 1.807) is 35.3 Å². The zero-order chi connectivity index (χ0) is 20.5. The molecule has 0 bridgehead atoms. The largest absolute Gasteiger partial charge is 0.494 e. The molecule has 0 saturated heterocycles. The summed E-state index contributed by atoms with van der Waals surface area (Å²) < 4.78 is 7.10. The van der Waals surface area contributed by atoms with Crippen molar-refractivity contribution in [3.05, 3.63) is 77.9 Å². The van der Waals surface area contributed by atoms with Crippen LogP contribution in [0.5, 0.6) is 5.75 Å². The third-order valence-electron chi connectivity index (χ3n) is 4.46. The van der Waals surface area contributed by atoms with Crippen molar-refractivity contribution in [2.45, 2.75) is 32.9 Å². The van der Waals surface area contributed by atoms with E-state index in [-0.39, 0.29) is 24.5 Å². The van der Waals surface area contributed by atoms with Gasteiger partial charge in [0.15, 0.2) is 5.78 Å². The molecule has 0 radical (unpaired) electrons. The Morgan fingerprint density at radius 2 is 1.79 bits per heavy atom. The SMILES string of the molecule is CCOc1ccc(C(=O)CCC(=O)NCc2ccccc2Cn2cncn2)cc1. The van der Waals surface area contributed by atoms with E-state index in [9.17, 15) is 9.59 Å². The first-order valence-corrected chi connectivity index (χ1v) is 9.57. The highest BCUT2D eigenvalue weighted by Gasteiger charge is 2.10. The number of Topliss-reactive ketones (excluding diaryl/α,β-unsaturated/α-hetero) is 1. The predicted molar refractivity (Wildman–Crippen MR) is 109 cm³/mol. The van der Waals surface area contributed by atoms with Gasteiger partial charge in [-0.2, -0.15) is 5.10 Å². The highest BCUT2D eigenvalue weighted by molar-refractivity contribution is 5.98. The molecule has 0 unspecified atom stereocenters. The van der Waals surface area contributed by atoms with Crippen LogP contribution in [0, 0.1) is 0 Å². The Bertz CT molecular complexity index is 937. The van der Waals surface area contributed by atoms with Crippen LogP contribution in [-0.2, 0) is 17.9 Å². The number of hydrogen-bond acceptors (Lipinski definition) is 5. The fourth-order valence-corrected chi connectivity index (χ4v) is 2.93. The Morgan fingerprint density at radius 3 is 2.48 bits per heavy atom. The lowest BCUT2D eigenvalue weighted by Gasteiger charge is -2.11.